The second kappa shape index (κ2) is 10.4. The standard InChI is InChI=1S/C24H22F2O4/c1-2-28-23(27)12-11-17-14-21(25)24(22(26)15-17)29-16-18-7-6-10-20(13-18)30-19-8-4-3-5-9-19/h3-10,13-15H,2,11-12,16H2,1H3. The van der Waals surface area contributed by atoms with E-state index in [9.17, 15) is 13.6 Å². The molecule has 0 aliphatic heterocycles. The highest BCUT2D eigenvalue weighted by molar-refractivity contribution is 5.69. The van der Waals surface area contributed by atoms with E-state index < -0.39 is 23.4 Å². The average Bonchev–Trinajstić information content (AvgIpc) is 2.73. The predicted octanol–water partition coefficient (Wildman–Crippen LogP) is 5.83. The molecule has 0 radical (unpaired) electrons. The molecule has 0 saturated carbocycles. The van der Waals surface area contributed by atoms with Crippen LogP contribution in [0.5, 0.6) is 17.2 Å². The van der Waals surface area contributed by atoms with Gasteiger partial charge in [0.1, 0.15) is 18.1 Å². The van der Waals surface area contributed by atoms with Crippen molar-refractivity contribution >= 4 is 5.97 Å². The minimum absolute atomic E-state index is 0.0258. The zero-order valence-electron chi connectivity index (χ0n) is 16.6. The quantitative estimate of drug-likeness (QED) is 0.415. The zero-order valence-corrected chi connectivity index (χ0v) is 16.6. The molecule has 156 valence electrons. The summed E-state index contributed by atoms with van der Waals surface area (Å²) in [7, 11) is 0. The Hall–Kier alpha value is -3.41. The summed E-state index contributed by atoms with van der Waals surface area (Å²) in [6, 6.07) is 18.7. The molecule has 0 amide bonds. The van der Waals surface area contributed by atoms with Crippen molar-refractivity contribution in [2.24, 2.45) is 0 Å². The summed E-state index contributed by atoms with van der Waals surface area (Å²) in [6.45, 7) is 1.95. The van der Waals surface area contributed by atoms with Gasteiger partial charge in [0, 0.05) is 6.42 Å². The number of carbonyl (C=O) groups excluding carboxylic acids is 1. The van der Waals surface area contributed by atoms with Crippen LogP contribution in [-0.2, 0) is 22.6 Å². The maximum atomic E-state index is 14.3. The van der Waals surface area contributed by atoms with E-state index in [1.807, 2.05) is 30.3 Å². The van der Waals surface area contributed by atoms with Crippen LogP contribution < -0.4 is 9.47 Å². The van der Waals surface area contributed by atoms with Crippen LogP contribution in [0.25, 0.3) is 0 Å². The Balaban J connectivity index is 1.63. The molecule has 0 aromatic heterocycles. The fourth-order valence-electron chi connectivity index (χ4n) is 2.85. The first kappa shape index (κ1) is 21.3. The number of esters is 1. The predicted molar refractivity (Wildman–Crippen MR) is 109 cm³/mol. The minimum atomic E-state index is -0.814. The van der Waals surface area contributed by atoms with Crippen LogP contribution in [0.15, 0.2) is 66.7 Å². The molecular formula is C24H22F2O4. The summed E-state index contributed by atoms with van der Waals surface area (Å²) in [5.41, 5.74) is 1.07. The van der Waals surface area contributed by atoms with E-state index >= 15 is 0 Å². The van der Waals surface area contributed by atoms with Crippen LogP contribution in [0.3, 0.4) is 0 Å². The van der Waals surface area contributed by atoms with Gasteiger partial charge in [0.25, 0.3) is 0 Å². The monoisotopic (exact) mass is 412 g/mol. The molecule has 0 spiro atoms. The van der Waals surface area contributed by atoms with Gasteiger partial charge in [-0.15, -0.1) is 0 Å². The molecule has 3 aromatic rings. The van der Waals surface area contributed by atoms with Crippen molar-refractivity contribution in [2.45, 2.75) is 26.4 Å². The van der Waals surface area contributed by atoms with Crippen LogP contribution >= 0.6 is 0 Å². The summed E-state index contributed by atoms with van der Waals surface area (Å²) in [5, 5.41) is 0. The lowest BCUT2D eigenvalue weighted by atomic mass is 10.1. The first-order valence-electron chi connectivity index (χ1n) is 9.63. The Kier molecular flexibility index (Phi) is 7.38. The average molecular weight is 412 g/mol. The fraction of sp³-hybridized carbons (Fsp3) is 0.208. The molecule has 6 heteroatoms. The summed E-state index contributed by atoms with van der Waals surface area (Å²) in [6.07, 6.45) is 0.243. The van der Waals surface area contributed by atoms with Crippen molar-refractivity contribution in [3.63, 3.8) is 0 Å². The van der Waals surface area contributed by atoms with Crippen molar-refractivity contribution in [1.29, 1.82) is 0 Å². The number of benzene rings is 3. The van der Waals surface area contributed by atoms with Gasteiger partial charge in [0.15, 0.2) is 17.4 Å². The third-order valence-corrected chi connectivity index (χ3v) is 4.24. The van der Waals surface area contributed by atoms with Gasteiger partial charge in [-0.05, 0) is 60.9 Å². The van der Waals surface area contributed by atoms with Gasteiger partial charge in [0.2, 0.25) is 0 Å². The number of rotatable bonds is 9. The Morgan fingerprint density at radius 3 is 2.27 bits per heavy atom. The Morgan fingerprint density at radius 1 is 0.867 bits per heavy atom. The second-order valence-corrected chi connectivity index (χ2v) is 6.54. The zero-order chi connectivity index (χ0) is 21.3. The Bertz CT molecular complexity index is 967. The van der Waals surface area contributed by atoms with E-state index in [1.54, 1.807) is 31.2 Å². The first-order valence-corrected chi connectivity index (χ1v) is 9.63. The number of ether oxygens (including phenoxy) is 3. The van der Waals surface area contributed by atoms with Gasteiger partial charge in [-0.2, -0.15) is 0 Å². The molecule has 0 atom stereocenters. The van der Waals surface area contributed by atoms with E-state index in [4.69, 9.17) is 14.2 Å². The molecule has 0 aliphatic carbocycles. The molecule has 0 heterocycles. The van der Waals surface area contributed by atoms with Crippen LogP contribution in [0.2, 0.25) is 0 Å². The number of para-hydroxylation sites is 1. The van der Waals surface area contributed by atoms with Crippen LogP contribution in [0.4, 0.5) is 8.78 Å². The third-order valence-electron chi connectivity index (χ3n) is 4.24. The van der Waals surface area contributed by atoms with Gasteiger partial charge < -0.3 is 14.2 Å². The SMILES string of the molecule is CCOC(=O)CCc1cc(F)c(OCc2cccc(Oc3ccccc3)c2)c(F)c1. The lowest BCUT2D eigenvalue weighted by molar-refractivity contribution is -0.143. The van der Waals surface area contributed by atoms with Crippen molar-refractivity contribution < 1.29 is 27.8 Å². The number of hydrogen-bond donors (Lipinski definition) is 0. The highest BCUT2D eigenvalue weighted by Gasteiger charge is 2.14. The number of hydrogen-bond acceptors (Lipinski definition) is 4. The van der Waals surface area contributed by atoms with Gasteiger partial charge in [-0.25, -0.2) is 8.78 Å². The summed E-state index contributed by atoms with van der Waals surface area (Å²) >= 11 is 0. The molecule has 0 fully saturated rings. The van der Waals surface area contributed by atoms with Crippen molar-refractivity contribution in [3.8, 4) is 17.2 Å². The first-order chi connectivity index (χ1) is 14.5. The molecule has 0 aliphatic rings. The molecule has 3 aromatic carbocycles. The van der Waals surface area contributed by atoms with E-state index in [1.165, 1.54) is 12.1 Å². The summed E-state index contributed by atoms with van der Waals surface area (Å²) < 4.78 is 44.7. The molecule has 0 saturated heterocycles. The van der Waals surface area contributed by atoms with Gasteiger partial charge in [-0.1, -0.05) is 30.3 Å². The highest BCUT2D eigenvalue weighted by atomic mass is 19.1. The second-order valence-electron chi connectivity index (χ2n) is 6.54. The van der Waals surface area contributed by atoms with Gasteiger partial charge in [-0.3, -0.25) is 4.79 Å². The van der Waals surface area contributed by atoms with E-state index in [0.717, 1.165) is 0 Å². The van der Waals surface area contributed by atoms with Crippen molar-refractivity contribution in [3.05, 3.63) is 89.5 Å². The molecule has 0 bridgehead atoms. The van der Waals surface area contributed by atoms with Gasteiger partial charge >= 0.3 is 5.97 Å². The van der Waals surface area contributed by atoms with Gasteiger partial charge in [0.05, 0.1) is 6.61 Å². The van der Waals surface area contributed by atoms with E-state index in [0.29, 0.717) is 22.6 Å². The van der Waals surface area contributed by atoms with Crippen LogP contribution in [-0.4, -0.2) is 12.6 Å². The van der Waals surface area contributed by atoms with Crippen molar-refractivity contribution in [1.82, 2.24) is 0 Å². The van der Waals surface area contributed by atoms with E-state index in [2.05, 4.69) is 0 Å². The smallest absolute Gasteiger partial charge is 0.306 e. The Labute approximate surface area is 174 Å². The summed E-state index contributed by atoms with van der Waals surface area (Å²) in [5.74, 6) is -1.21. The molecule has 30 heavy (non-hydrogen) atoms. The molecule has 0 N–H and O–H groups in total. The third kappa shape index (κ3) is 6.04. The molecular weight excluding hydrogens is 390 g/mol. The topological polar surface area (TPSA) is 44.8 Å². The minimum Gasteiger partial charge on any atom is -0.483 e. The number of aryl methyl sites for hydroxylation is 1. The fourth-order valence-corrected chi connectivity index (χ4v) is 2.85. The molecule has 0 unspecified atom stereocenters. The van der Waals surface area contributed by atoms with Crippen LogP contribution in [0, 0.1) is 11.6 Å². The van der Waals surface area contributed by atoms with Crippen LogP contribution in [0.1, 0.15) is 24.5 Å². The lowest BCUT2D eigenvalue weighted by Gasteiger charge is -2.11. The normalized spacial score (nSPS) is 10.5. The largest absolute Gasteiger partial charge is 0.483 e. The van der Waals surface area contributed by atoms with E-state index in [-0.39, 0.29) is 26.1 Å². The Morgan fingerprint density at radius 2 is 1.57 bits per heavy atom. The number of halogens is 2. The maximum absolute atomic E-state index is 14.3. The molecule has 3 rings (SSSR count). The van der Waals surface area contributed by atoms with Crippen molar-refractivity contribution in [2.75, 3.05) is 6.61 Å². The number of carbonyl (C=O) groups is 1. The highest BCUT2D eigenvalue weighted by Crippen LogP contribution is 2.26. The molecule has 4 nitrogen and oxygen atoms in total. The lowest BCUT2D eigenvalue weighted by Crippen LogP contribution is -2.06. The maximum Gasteiger partial charge on any atom is 0.306 e. The summed E-state index contributed by atoms with van der Waals surface area (Å²) in [4.78, 5) is 11.4.